The second-order valence-corrected chi connectivity index (χ2v) is 7.71. The van der Waals surface area contributed by atoms with E-state index in [4.69, 9.17) is 0 Å². The third kappa shape index (κ3) is 21.7. The molecule has 0 aromatic heterocycles. The monoisotopic (exact) mass is 336 g/mol. The topological polar surface area (TPSA) is 0 Å². The third-order valence-corrected chi connectivity index (χ3v) is 5.12. The van der Waals surface area contributed by atoms with Gasteiger partial charge >= 0.3 is 0 Å². The Morgan fingerprint density at radius 3 is 0.875 bits per heavy atom. The van der Waals surface area contributed by atoms with Crippen molar-refractivity contribution in [2.24, 2.45) is 0 Å². The fourth-order valence-corrected chi connectivity index (χ4v) is 3.38. The summed E-state index contributed by atoms with van der Waals surface area (Å²) < 4.78 is 0. The summed E-state index contributed by atoms with van der Waals surface area (Å²) in [6.07, 6.45) is 33.4. The van der Waals surface area contributed by atoms with E-state index in [-0.39, 0.29) is 0 Å². The summed E-state index contributed by atoms with van der Waals surface area (Å²) in [6, 6.07) is 0. The van der Waals surface area contributed by atoms with E-state index in [0.717, 1.165) is 0 Å². The van der Waals surface area contributed by atoms with Crippen LogP contribution in [0, 0.1) is 0 Å². The summed E-state index contributed by atoms with van der Waals surface area (Å²) in [7, 11) is 0. The number of unbranched alkanes of at least 4 members (excludes halogenated alkanes) is 18. The van der Waals surface area contributed by atoms with E-state index in [9.17, 15) is 0 Å². The van der Waals surface area contributed by atoms with Gasteiger partial charge in [0.25, 0.3) is 0 Å². The molecule has 0 nitrogen and oxygen atoms in total. The molecule has 0 aromatic carbocycles. The Morgan fingerprint density at radius 1 is 0.333 bits per heavy atom. The van der Waals surface area contributed by atoms with Crippen molar-refractivity contribution in [3.8, 4) is 0 Å². The average molecular weight is 337 g/mol. The molecule has 0 heterocycles. The minimum Gasteiger partial charge on any atom is -0.0885 e. The maximum absolute atomic E-state index is 2.44. The predicted octanol–water partition coefficient (Wildman–Crippen LogP) is 9.38. The van der Waals surface area contributed by atoms with Gasteiger partial charge in [-0.25, -0.2) is 0 Å². The molecule has 0 N–H and O–H groups in total. The highest BCUT2D eigenvalue weighted by molar-refractivity contribution is 4.81. The van der Waals surface area contributed by atoms with Crippen LogP contribution in [-0.2, 0) is 0 Å². The molecule has 0 saturated carbocycles. The molecule has 144 valence electrons. The minimum atomic E-state index is 1.31. The van der Waals surface area contributed by atoms with Crippen LogP contribution in [0.15, 0.2) is 12.2 Å². The van der Waals surface area contributed by atoms with Crippen LogP contribution in [0.4, 0.5) is 0 Å². The Kier molecular flexibility index (Phi) is 22.5. The van der Waals surface area contributed by atoms with Crippen LogP contribution in [-0.4, -0.2) is 0 Å². The molecular weight excluding hydrogens is 288 g/mol. The van der Waals surface area contributed by atoms with Gasteiger partial charge < -0.3 is 0 Å². The van der Waals surface area contributed by atoms with Gasteiger partial charge in [-0.2, -0.15) is 0 Å². The maximum atomic E-state index is 2.44. The maximum Gasteiger partial charge on any atom is -0.0351 e. The Morgan fingerprint density at radius 2 is 0.583 bits per heavy atom. The zero-order valence-corrected chi connectivity index (χ0v) is 17.3. The van der Waals surface area contributed by atoms with Gasteiger partial charge in [-0.1, -0.05) is 129 Å². The predicted molar refractivity (Wildman–Crippen MR) is 113 cm³/mol. The van der Waals surface area contributed by atoms with Crippen LogP contribution >= 0.6 is 0 Å². The molecular formula is C24H48. The molecule has 0 aliphatic rings. The quantitative estimate of drug-likeness (QED) is 0.153. The molecule has 0 radical (unpaired) electrons. The van der Waals surface area contributed by atoms with Crippen LogP contribution in [0.1, 0.15) is 142 Å². The SMILES string of the molecule is CCCCCCCCCCC/C=C/CCCCCCCCCCC. The van der Waals surface area contributed by atoms with Crippen molar-refractivity contribution in [3.63, 3.8) is 0 Å². The molecule has 0 saturated heterocycles. The molecule has 0 atom stereocenters. The molecule has 0 spiro atoms. The molecule has 0 heteroatoms. The van der Waals surface area contributed by atoms with Crippen LogP contribution in [0.25, 0.3) is 0 Å². The van der Waals surface area contributed by atoms with Crippen LogP contribution in [0.2, 0.25) is 0 Å². The smallest absolute Gasteiger partial charge is 0.0351 e. The second-order valence-electron chi connectivity index (χ2n) is 7.71. The molecule has 0 aliphatic heterocycles. The lowest BCUT2D eigenvalue weighted by Crippen LogP contribution is -1.81. The number of hydrogen-bond acceptors (Lipinski definition) is 0. The minimum absolute atomic E-state index is 1.31. The molecule has 24 heavy (non-hydrogen) atoms. The molecule has 0 rings (SSSR count). The zero-order valence-electron chi connectivity index (χ0n) is 17.3. The average Bonchev–Trinajstić information content (AvgIpc) is 2.60. The second kappa shape index (κ2) is 22.7. The molecule has 0 aromatic rings. The fourth-order valence-electron chi connectivity index (χ4n) is 3.38. The van der Waals surface area contributed by atoms with Gasteiger partial charge in [0, 0.05) is 0 Å². The zero-order chi connectivity index (χ0) is 17.6. The summed E-state index contributed by atoms with van der Waals surface area (Å²) in [6.45, 7) is 4.59. The summed E-state index contributed by atoms with van der Waals surface area (Å²) >= 11 is 0. The van der Waals surface area contributed by atoms with E-state index in [2.05, 4.69) is 26.0 Å². The lowest BCUT2D eigenvalue weighted by molar-refractivity contribution is 0.564. The van der Waals surface area contributed by atoms with Crippen molar-refractivity contribution in [2.45, 2.75) is 142 Å². The fraction of sp³-hybridized carbons (Fsp3) is 0.917. The van der Waals surface area contributed by atoms with Crippen molar-refractivity contribution in [1.29, 1.82) is 0 Å². The molecule has 0 amide bonds. The number of rotatable bonds is 20. The Labute approximate surface area is 154 Å². The van der Waals surface area contributed by atoms with Crippen molar-refractivity contribution in [2.75, 3.05) is 0 Å². The highest BCUT2D eigenvalue weighted by Gasteiger charge is 1.92. The van der Waals surface area contributed by atoms with Crippen molar-refractivity contribution < 1.29 is 0 Å². The van der Waals surface area contributed by atoms with Gasteiger partial charge in [0.2, 0.25) is 0 Å². The van der Waals surface area contributed by atoms with Crippen LogP contribution in [0.3, 0.4) is 0 Å². The molecule has 0 unspecified atom stereocenters. The number of allylic oxidation sites excluding steroid dienone is 2. The Bertz CT molecular complexity index is 204. The van der Waals surface area contributed by atoms with E-state index in [1.54, 1.807) is 0 Å². The van der Waals surface area contributed by atoms with Gasteiger partial charge in [-0.05, 0) is 25.7 Å². The third-order valence-electron chi connectivity index (χ3n) is 5.12. The van der Waals surface area contributed by atoms with Crippen molar-refractivity contribution in [3.05, 3.63) is 12.2 Å². The Hall–Kier alpha value is -0.260. The summed E-state index contributed by atoms with van der Waals surface area (Å²) in [4.78, 5) is 0. The van der Waals surface area contributed by atoms with E-state index >= 15 is 0 Å². The van der Waals surface area contributed by atoms with Gasteiger partial charge in [0.05, 0.1) is 0 Å². The van der Waals surface area contributed by atoms with E-state index in [0.29, 0.717) is 0 Å². The normalized spacial score (nSPS) is 11.6. The van der Waals surface area contributed by atoms with E-state index in [1.807, 2.05) is 0 Å². The van der Waals surface area contributed by atoms with E-state index in [1.165, 1.54) is 128 Å². The van der Waals surface area contributed by atoms with Gasteiger partial charge in [0.1, 0.15) is 0 Å². The van der Waals surface area contributed by atoms with E-state index < -0.39 is 0 Å². The highest BCUT2D eigenvalue weighted by Crippen LogP contribution is 2.12. The van der Waals surface area contributed by atoms with Crippen molar-refractivity contribution in [1.82, 2.24) is 0 Å². The first-order valence-electron chi connectivity index (χ1n) is 11.6. The molecule has 0 bridgehead atoms. The first-order valence-corrected chi connectivity index (χ1v) is 11.6. The number of hydrogen-bond donors (Lipinski definition) is 0. The molecule has 0 fully saturated rings. The summed E-state index contributed by atoms with van der Waals surface area (Å²) in [5.41, 5.74) is 0. The molecule has 0 aliphatic carbocycles. The standard InChI is InChI=1S/C24H48/c1-3-5-7-9-11-13-15-17-19-21-23-24-22-20-18-16-14-12-10-8-6-4-2/h23-24H,3-22H2,1-2H3/b24-23+. The van der Waals surface area contributed by atoms with Gasteiger partial charge in [-0.15, -0.1) is 0 Å². The lowest BCUT2D eigenvalue weighted by atomic mass is 10.1. The largest absolute Gasteiger partial charge is 0.0885 e. The lowest BCUT2D eigenvalue weighted by Gasteiger charge is -2.01. The van der Waals surface area contributed by atoms with Gasteiger partial charge in [-0.3, -0.25) is 0 Å². The van der Waals surface area contributed by atoms with Crippen LogP contribution < -0.4 is 0 Å². The first kappa shape index (κ1) is 23.7. The van der Waals surface area contributed by atoms with Crippen LogP contribution in [0.5, 0.6) is 0 Å². The Balaban J connectivity index is 3.04. The summed E-state index contributed by atoms with van der Waals surface area (Å²) in [5, 5.41) is 0. The summed E-state index contributed by atoms with van der Waals surface area (Å²) in [5.74, 6) is 0. The van der Waals surface area contributed by atoms with Gasteiger partial charge in [0.15, 0.2) is 0 Å². The first-order chi connectivity index (χ1) is 11.9. The van der Waals surface area contributed by atoms with Crippen molar-refractivity contribution >= 4 is 0 Å². The highest BCUT2D eigenvalue weighted by atomic mass is 14.0.